The molecule has 0 saturated carbocycles. The molecule has 1 aromatic heterocycles. The lowest BCUT2D eigenvalue weighted by Gasteiger charge is -2.29. The van der Waals surface area contributed by atoms with E-state index in [2.05, 4.69) is 0 Å². The zero-order chi connectivity index (χ0) is 15.1. The Bertz CT molecular complexity index is 623. The van der Waals surface area contributed by atoms with E-state index in [1.54, 1.807) is 13.8 Å². The zero-order valence-corrected chi connectivity index (χ0v) is 12.8. The largest absolute Gasteiger partial charge is 0.481 e. The number of sulfonamides is 1. The van der Waals surface area contributed by atoms with E-state index in [1.807, 2.05) is 0 Å². The molecule has 1 aliphatic heterocycles. The number of aliphatic carboxylic acids is 1. The molecule has 0 bridgehead atoms. The average Bonchev–Trinajstić information content (AvgIpc) is 2.82. The highest BCUT2D eigenvalue weighted by Crippen LogP contribution is 2.39. The molecular formula is C12H16FNO4S2. The van der Waals surface area contributed by atoms with Gasteiger partial charge < -0.3 is 5.11 Å². The van der Waals surface area contributed by atoms with Crippen LogP contribution < -0.4 is 0 Å². The molecule has 0 radical (unpaired) electrons. The molecule has 1 fully saturated rings. The molecule has 5 nitrogen and oxygen atoms in total. The average molecular weight is 321 g/mol. The number of carboxylic acids is 1. The summed E-state index contributed by atoms with van der Waals surface area (Å²) in [7, 11) is -3.78. The molecule has 112 valence electrons. The molecule has 1 aliphatic rings. The van der Waals surface area contributed by atoms with Crippen molar-refractivity contribution in [2.24, 2.45) is 5.92 Å². The maximum Gasteiger partial charge on any atom is 0.303 e. The van der Waals surface area contributed by atoms with Gasteiger partial charge in [0.1, 0.15) is 4.21 Å². The maximum absolute atomic E-state index is 13.0. The van der Waals surface area contributed by atoms with Crippen LogP contribution in [0, 0.1) is 11.0 Å². The summed E-state index contributed by atoms with van der Waals surface area (Å²) in [5.41, 5.74) is -0.667. The van der Waals surface area contributed by atoms with Gasteiger partial charge >= 0.3 is 5.97 Å². The van der Waals surface area contributed by atoms with Crippen LogP contribution in [0.5, 0.6) is 0 Å². The number of rotatable bonds is 4. The Balaban J connectivity index is 2.29. The highest BCUT2D eigenvalue weighted by Gasteiger charge is 2.46. The van der Waals surface area contributed by atoms with Crippen molar-refractivity contribution in [1.29, 1.82) is 0 Å². The van der Waals surface area contributed by atoms with Crippen molar-refractivity contribution in [3.8, 4) is 0 Å². The van der Waals surface area contributed by atoms with E-state index in [-0.39, 0.29) is 23.1 Å². The number of carbonyl (C=O) groups is 1. The summed E-state index contributed by atoms with van der Waals surface area (Å²) in [5.74, 6) is -1.16. The first-order valence-corrected chi connectivity index (χ1v) is 8.38. The molecule has 1 aromatic rings. The summed E-state index contributed by atoms with van der Waals surface area (Å²) in [6, 6.07) is 2.37. The van der Waals surface area contributed by atoms with Gasteiger partial charge in [-0.25, -0.2) is 8.42 Å². The first-order chi connectivity index (χ1) is 9.13. The zero-order valence-electron chi connectivity index (χ0n) is 11.2. The third-order valence-electron chi connectivity index (χ3n) is 3.44. The molecule has 20 heavy (non-hydrogen) atoms. The van der Waals surface area contributed by atoms with Gasteiger partial charge in [-0.3, -0.25) is 4.79 Å². The van der Waals surface area contributed by atoms with Gasteiger partial charge in [0.2, 0.25) is 0 Å². The van der Waals surface area contributed by atoms with Crippen LogP contribution in [-0.2, 0) is 14.8 Å². The predicted molar refractivity (Wildman–Crippen MR) is 72.6 cm³/mol. The molecule has 2 heterocycles. The smallest absolute Gasteiger partial charge is 0.303 e. The second kappa shape index (κ2) is 5.09. The summed E-state index contributed by atoms with van der Waals surface area (Å²) < 4.78 is 39.3. The van der Waals surface area contributed by atoms with Gasteiger partial charge in [-0.1, -0.05) is 11.3 Å². The van der Waals surface area contributed by atoms with Gasteiger partial charge in [0.15, 0.2) is 5.13 Å². The van der Waals surface area contributed by atoms with Crippen LogP contribution in [-0.4, -0.2) is 35.9 Å². The molecule has 1 atom stereocenters. The quantitative estimate of drug-likeness (QED) is 0.922. The van der Waals surface area contributed by atoms with Gasteiger partial charge in [0.05, 0.1) is 0 Å². The Kier molecular flexibility index (Phi) is 3.92. The van der Waals surface area contributed by atoms with Crippen LogP contribution in [0.3, 0.4) is 0 Å². The molecule has 8 heteroatoms. The minimum absolute atomic E-state index is 0.0425. The van der Waals surface area contributed by atoms with Gasteiger partial charge in [-0.2, -0.15) is 8.70 Å². The maximum atomic E-state index is 13.0. The van der Waals surface area contributed by atoms with Gasteiger partial charge in [0, 0.05) is 18.5 Å². The van der Waals surface area contributed by atoms with Crippen LogP contribution in [0.1, 0.15) is 26.7 Å². The molecule has 0 aliphatic carbocycles. The Hall–Kier alpha value is -0.990. The number of hydrogen-bond donors (Lipinski definition) is 1. The molecule has 0 amide bonds. The summed E-state index contributed by atoms with van der Waals surface area (Å²) in [4.78, 5) is 10.8. The number of carboxylic acid groups (broad SMARTS) is 1. The van der Waals surface area contributed by atoms with Crippen molar-refractivity contribution in [1.82, 2.24) is 4.31 Å². The summed E-state index contributed by atoms with van der Waals surface area (Å²) in [6.07, 6.45) is 0.417. The lowest BCUT2D eigenvalue weighted by molar-refractivity contribution is -0.138. The van der Waals surface area contributed by atoms with E-state index in [9.17, 15) is 17.6 Å². The molecule has 1 saturated heterocycles. The Labute approximate surface area is 121 Å². The van der Waals surface area contributed by atoms with E-state index in [0.717, 1.165) is 6.07 Å². The predicted octanol–water partition coefficient (Wildman–Crippen LogP) is 2.15. The highest BCUT2D eigenvalue weighted by atomic mass is 32.2. The Morgan fingerprint density at radius 1 is 1.55 bits per heavy atom. The Morgan fingerprint density at radius 3 is 2.70 bits per heavy atom. The van der Waals surface area contributed by atoms with E-state index in [1.165, 1.54) is 10.4 Å². The van der Waals surface area contributed by atoms with Crippen LogP contribution in [0.4, 0.5) is 4.39 Å². The van der Waals surface area contributed by atoms with Crippen molar-refractivity contribution < 1.29 is 22.7 Å². The molecule has 2 rings (SSSR count). The first kappa shape index (κ1) is 15.4. The van der Waals surface area contributed by atoms with Gasteiger partial charge in [0.25, 0.3) is 10.0 Å². The van der Waals surface area contributed by atoms with Crippen molar-refractivity contribution in [2.45, 2.75) is 36.4 Å². The number of nitrogens with zero attached hydrogens (tertiary/aromatic N) is 1. The van der Waals surface area contributed by atoms with Crippen LogP contribution in [0.2, 0.25) is 0 Å². The van der Waals surface area contributed by atoms with E-state index >= 15 is 0 Å². The second-order valence-corrected chi connectivity index (χ2v) is 8.70. The Morgan fingerprint density at radius 2 is 2.20 bits per heavy atom. The standard InChI is InChI=1S/C12H16FNO4S2/c1-12(2)6-8(5-10(15)16)7-14(12)20(17,18)11-4-3-9(13)19-11/h3-4,8H,5-7H2,1-2H3,(H,15,16). The summed E-state index contributed by atoms with van der Waals surface area (Å²) in [5, 5.41) is 8.28. The summed E-state index contributed by atoms with van der Waals surface area (Å²) in [6.45, 7) is 3.67. The third kappa shape index (κ3) is 2.87. The van der Waals surface area contributed by atoms with Crippen LogP contribution >= 0.6 is 11.3 Å². The molecule has 1 unspecified atom stereocenters. The fourth-order valence-electron chi connectivity index (χ4n) is 2.71. The van der Waals surface area contributed by atoms with E-state index in [0.29, 0.717) is 17.8 Å². The number of halogens is 1. The number of hydrogen-bond acceptors (Lipinski definition) is 4. The van der Waals surface area contributed by atoms with Crippen LogP contribution in [0.25, 0.3) is 0 Å². The lowest BCUT2D eigenvalue weighted by Crippen LogP contribution is -2.42. The second-order valence-electron chi connectivity index (χ2n) is 5.58. The molecule has 0 spiro atoms. The van der Waals surface area contributed by atoms with Crippen molar-refractivity contribution >= 4 is 27.3 Å². The normalized spacial score (nSPS) is 23.1. The lowest BCUT2D eigenvalue weighted by atomic mass is 9.95. The fraction of sp³-hybridized carbons (Fsp3) is 0.583. The number of thiophene rings is 1. The minimum atomic E-state index is -3.78. The van der Waals surface area contributed by atoms with Gasteiger partial charge in [-0.15, -0.1) is 0 Å². The topological polar surface area (TPSA) is 74.7 Å². The minimum Gasteiger partial charge on any atom is -0.481 e. The molecular weight excluding hydrogens is 305 g/mol. The van der Waals surface area contributed by atoms with Crippen molar-refractivity contribution in [3.63, 3.8) is 0 Å². The molecule has 1 N–H and O–H groups in total. The highest BCUT2D eigenvalue weighted by molar-refractivity contribution is 7.91. The monoisotopic (exact) mass is 321 g/mol. The molecule has 0 aromatic carbocycles. The fourth-order valence-corrected chi connectivity index (χ4v) is 5.69. The third-order valence-corrected chi connectivity index (χ3v) is 6.86. The SMILES string of the molecule is CC1(C)CC(CC(=O)O)CN1S(=O)(=O)c1ccc(F)s1. The van der Waals surface area contributed by atoms with Crippen molar-refractivity contribution in [3.05, 3.63) is 17.3 Å². The van der Waals surface area contributed by atoms with E-state index < -0.39 is 26.7 Å². The van der Waals surface area contributed by atoms with Crippen LogP contribution in [0.15, 0.2) is 16.3 Å². The van der Waals surface area contributed by atoms with Crippen molar-refractivity contribution in [2.75, 3.05) is 6.54 Å². The summed E-state index contributed by atoms with van der Waals surface area (Å²) >= 11 is 0.585. The van der Waals surface area contributed by atoms with E-state index in [4.69, 9.17) is 5.11 Å². The van der Waals surface area contributed by atoms with Gasteiger partial charge in [-0.05, 0) is 38.3 Å². The first-order valence-electron chi connectivity index (χ1n) is 6.13.